The fraction of sp³-hybridized carbons (Fsp3) is 0.575. The van der Waals surface area contributed by atoms with Gasteiger partial charge < -0.3 is 25.3 Å². The molecular formula is C40H62N8O2. The smallest absolute Gasteiger partial charge is 0.320 e. The van der Waals surface area contributed by atoms with Crippen molar-refractivity contribution in [2.24, 2.45) is 21.7 Å². The highest BCUT2D eigenvalue weighted by atomic mass is 16.5. The highest BCUT2D eigenvalue weighted by molar-refractivity contribution is 6.09. The number of hydrogen-bond acceptors (Lipinski definition) is 6. The van der Waals surface area contributed by atoms with Crippen LogP contribution in [0.4, 0.5) is 4.79 Å². The lowest BCUT2D eigenvalue weighted by Crippen LogP contribution is -2.50. The average molecular weight is 687 g/mol. The normalized spacial score (nSPS) is 19.2. The van der Waals surface area contributed by atoms with Crippen LogP contribution in [-0.4, -0.2) is 65.4 Å². The zero-order valence-electron chi connectivity index (χ0n) is 32.0. The number of nitrogens with zero attached hydrogens (tertiary/aromatic N) is 3. The molecule has 0 spiro atoms. The lowest BCUT2D eigenvalue weighted by molar-refractivity contribution is -0.00992. The van der Waals surface area contributed by atoms with Crippen LogP contribution in [0.5, 0.6) is 0 Å². The zero-order valence-corrected chi connectivity index (χ0v) is 32.0. The van der Waals surface area contributed by atoms with E-state index in [0.717, 1.165) is 49.1 Å². The SMILES string of the molecule is C=C(C)/C=C\C(=CC)N=C(CC(=N)C(C)(C)C)NC(=O)NC1CCC(OCC(C)C(C)(C)CN(C(C)=N)C(=N)N2CCCC2)c2ccccc21. The maximum absolute atomic E-state index is 13.5. The molecule has 3 rings (SSSR count). The van der Waals surface area contributed by atoms with Crippen LogP contribution in [0.1, 0.15) is 118 Å². The molecule has 1 aromatic rings. The summed E-state index contributed by atoms with van der Waals surface area (Å²) in [6, 6.07) is 7.59. The molecule has 50 heavy (non-hydrogen) atoms. The molecule has 0 saturated carbocycles. The van der Waals surface area contributed by atoms with E-state index in [2.05, 4.69) is 55.0 Å². The Kier molecular flexibility index (Phi) is 14.3. The van der Waals surface area contributed by atoms with Gasteiger partial charge in [0.25, 0.3) is 0 Å². The van der Waals surface area contributed by atoms with Gasteiger partial charge in [0.15, 0.2) is 5.96 Å². The molecule has 2 amide bonds. The molecule has 5 N–H and O–H groups in total. The summed E-state index contributed by atoms with van der Waals surface area (Å²) in [6.45, 7) is 24.9. The van der Waals surface area contributed by atoms with Crippen LogP contribution in [0.2, 0.25) is 0 Å². The first-order valence-corrected chi connectivity index (χ1v) is 18.0. The van der Waals surface area contributed by atoms with Crippen LogP contribution in [0.15, 0.2) is 65.3 Å². The first kappa shape index (κ1) is 40.4. The van der Waals surface area contributed by atoms with E-state index in [1.54, 1.807) is 6.92 Å². The van der Waals surface area contributed by atoms with E-state index in [-0.39, 0.29) is 41.3 Å². The first-order valence-electron chi connectivity index (χ1n) is 18.0. The van der Waals surface area contributed by atoms with Crippen molar-refractivity contribution in [1.29, 1.82) is 16.2 Å². The number of likely N-dealkylation sites (tertiary alicyclic amines) is 1. The number of rotatable bonds is 12. The van der Waals surface area contributed by atoms with Gasteiger partial charge in [-0.15, -0.1) is 0 Å². The Labute approximate surface area is 301 Å². The minimum Gasteiger partial charge on any atom is -0.373 e. The van der Waals surface area contributed by atoms with E-state index >= 15 is 0 Å². The van der Waals surface area contributed by atoms with Crippen LogP contribution in [-0.2, 0) is 4.74 Å². The van der Waals surface area contributed by atoms with Crippen LogP contribution < -0.4 is 10.6 Å². The number of benzene rings is 1. The highest BCUT2D eigenvalue weighted by Crippen LogP contribution is 2.39. The van der Waals surface area contributed by atoms with Gasteiger partial charge >= 0.3 is 6.03 Å². The summed E-state index contributed by atoms with van der Waals surface area (Å²) in [5.74, 6) is 1.39. The molecule has 1 fully saturated rings. The molecule has 0 bridgehead atoms. The zero-order chi connectivity index (χ0) is 37.2. The number of guanidine groups is 1. The van der Waals surface area contributed by atoms with Gasteiger partial charge in [-0.3, -0.25) is 16.1 Å². The molecule has 1 aromatic carbocycles. The highest BCUT2D eigenvalue weighted by Gasteiger charge is 2.34. The Morgan fingerprint density at radius 2 is 1.72 bits per heavy atom. The van der Waals surface area contributed by atoms with Gasteiger partial charge in [-0.1, -0.05) is 90.1 Å². The largest absolute Gasteiger partial charge is 0.373 e. The van der Waals surface area contributed by atoms with Crippen molar-refractivity contribution in [2.45, 2.75) is 107 Å². The number of urea groups is 1. The third-order valence-corrected chi connectivity index (χ3v) is 9.86. The molecular weight excluding hydrogens is 624 g/mol. The maximum atomic E-state index is 13.5. The molecule has 3 atom stereocenters. The van der Waals surface area contributed by atoms with Gasteiger partial charge in [-0.25, -0.2) is 9.79 Å². The summed E-state index contributed by atoms with van der Waals surface area (Å²) in [5, 5.41) is 32.0. The third-order valence-electron chi connectivity index (χ3n) is 9.86. The van der Waals surface area contributed by atoms with E-state index < -0.39 is 0 Å². The van der Waals surface area contributed by atoms with Gasteiger partial charge in [0.2, 0.25) is 0 Å². The molecule has 10 nitrogen and oxygen atoms in total. The van der Waals surface area contributed by atoms with Gasteiger partial charge in [-0.2, -0.15) is 0 Å². The molecule has 10 heteroatoms. The summed E-state index contributed by atoms with van der Waals surface area (Å²) < 4.78 is 6.62. The van der Waals surface area contributed by atoms with E-state index in [9.17, 15) is 4.79 Å². The van der Waals surface area contributed by atoms with Crippen molar-refractivity contribution in [3.63, 3.8) is 0 Å². The van der Waals surface area contributed by atoms with Gasteiger partial charge in [0.05, 0.1) is 30.3 Å². The minimum atomic E-state index is -0.360. The van der Waals surface area contributed by atoms with Crippen molar-refractivity contribution in [2.75, 3.05) is 26.2 Å². The monoisotopic (exact) mass is 686 g/mol. The second-order valence-electron chi connectivity index (χ2n) is 15.6. The predicted molar refractivity (Wildman–Crippen MR) is 207 cm³/mol. The number of fused-ring (bicyclic) bond motifs is 1. The quantitative estimate of drug-likeness (QED) is 0.0852. The Morgan fingerprint density at radius 3 is 2.30 bits per heavy atom. The number of amides is 2. The second-order valence-corrected chi connectivity index (χ2v) is 15.6. The summed E-state index contributed by atoms with van der Waals surface area (Å²) in [7, 11) is 0. The van der Waals surface area contributed by atoms with Gasteiger partial charge in [0, 0.05) is 31.8 Å². The molecule has 1 aliphatic heterocycles. The van der Waals surface area contributed by atoms with Gasteiger partial charge in [0.1, 0.15) is 5.84 Å². The number of ether oxygens (including phenoxy) is 1. The van der Waals surface area contributed by atoms with Crippen molar-refractivity contribution in [1.82, 2.24) is 20.4 Å². The second kappa shape index (κ2) is 17.7. The summed E-state index contributed by atoms with van der Waals surface area (Å²) in [4.78, 5) is 22.1. The Hall–Kier alpha value is -4.05. The number of hydrogen-bond donors (Lipinski definition) is 5. The molecule has 2 aliphatic rings. The topological polar surface area (TPSA) is 141 Å². The lowest BCUT2D eigenvalue weighted by atomic mass is 9.79. The van der Waals surface area contributed by atoms with Crippen LogP contribution in [0.3, 0.4) is 0 Å². The van der Waals surface area contributed by atoms with Crippen molar-refractivity contribution in [3.05, 3.63) is 71.5 Å². The van der Waals surface area contributed by atoms with Gasteiger partial charge in [-0.05, 0) is 80.4 Å². The van der Waals surface area contributed by atoms with Crippen LogP contribution in [0.25, 0.3) is 0 Å². The molecule has 1 saturated heterocycles. The first-order chi connectivity index (χ1) is 23.4. The van der Waals surface area contributed by atoms with E-state index in [4.69, 9.17) is 26.0 Å². The number of allylic oxidation sites excluding steroid dienone is 4. The minimum absolute atomic E-state index is 0.101. The van der Waals surface area contributed by atoms with E-state index in [1.165, 1.54) is 0 Å². The number of carbonyl (C=O) groups excluding carboxylic acids is 1. The van der Waals surface area contributed by atoms with Crippen molar-refractivity contribution in [3.8, 4) is 0 Å². The molecule has 274 valence electrons. The Morgan fingerprint density at radius 1 is 1.08 bits per heavy atom. The lowest BCUT2D eigenvalue weighted by Gasteiger charge is -2.40. The average Bonchev–Trinajstić information content (AvgIpc) is 3.59. The van der Waals surface area contributed by atoms with Crippen LogP contribution in [0, 0.1) is 33.0 Å². The standard InChI is InChI=1S/C40H62N8O2/c1-11-30(19-18-27(2)3)44-36(24-35(42)39(6,7)8)46-38(49)45-33-20-21-34(32-17-13-12-16-31(32)33)50-25-28(4)40(9,10)26-48(29(5)41)37(43)47-22-14-15-23-47/h11-13,16-19,28,33-34,41-43H,2,14-15,20-26H2,1,3-10H3,(H2,44,45,46,49)/b19-18-,30-11?,41-29?,42-35?,43-37?. The summed E-state index contributed by atoms with van der Waals surface area (Å²) in [6.07, 6.45) is 9.36. The van der Waals surface area contributed by atoms with E-state index in [0.29, 0.717) is 48.6 Å². The molecule has 1 heterocycles. The number of carbonyl (C=O) groups is 1. The Balaban J connectivity index is 1.70. The molecule has 0 radical (unpaired) electrons. The number of aliphatic imine (C=N–C) groups is 1. The summed E-state index contributed by atoms with van der Waals surface area (Å²) >= 11 is 0. The number of amidine groups is 2. The fourth-order valence-corrected chi connectivity index (χ4v) is 6.03. The van der Waals surface area contributed by atoms with Crippen LogP contribution >= 0.6 is 0 Å². The fourth-order valence-electron chi connectivity index (χ4n) is 6.03. The molecule has 0 aromatic heterocycles. The predicted octanol–water partition coefficient (Wildman–Crippen LogP) is 8.76. The van der Waals surface area contributed by atoms with Crippen molar-refractivity contribution >= 4 is 29.4 Å². The summed E-state index contributed by atoms with van der Waals surface area (Å²) in [5.41, 5.74) is 3.59. The maximum Gasteiger partial charge on any atom is 0.320 e. The van der Waals surface area contributed by atoms with Crippen molar-refractivity contribution < 1.29 is 9.53 Å². The molecule has 3 unspecified atom stereocenters. The molecule has 1 aliphatic carbocycles. The third kappa shape index (κ3) is 11.5. The van der Waals surface area contributed by atoms with E-state index in [1.807, 2.05) is 69.9 Å². The number of nitrogens with one attached hydrogen (secondary N) is 5. The Bertz CT molecular complexity index is 1490.